The normalized spacial score (nSPS) is 19.6. The minimum atomic E-state index is -3.92. The molecule has 7 nitrogen and oxygen atoms in total. The minimum Gasteiger partial charge on any atom is -0.480 e. The molecule has 8 heteroatoms. The third-order valence-corrected chi connectivity index (χ3v) is 5.92. The van der Waals surface area contributed by atoms with Gasteiger partial charge in [-0.25, -0.2) is 8.42 Å². The highest BCUT2D eigenvalue weighted by atomic mass is 32.2. The van der Waals surface area contributed by atoms with E-state index in [1.807, 2.05) is 6.92 Å². The summed E-state index contributed by atoms with van der Waals surface area (Å²) >= 11 is 0. The summed E-state index contributed by atoms with van der Waals surface area (Å²) in [5, 5.41) is 9.36. The van der Waals surface area contributed by atoms with E-state index in [4.69, 9.17) is 0 Å². The van der Waals surface area contributed by atoms with Gasteiger partial charge in [0.15, 0.2) is 0 Å². The quantitative estimate of drug-likeness (QED) is 0.864. The summed E-state index contributed by atoms with van der Waals surface area (Å²) in [5.74, 6) is -1.52. The number of aliphatic carboxylic acids is 1. The van der Waals surface area contributed by atoms with Crippen LogP contribution >= 0.6 is 0 Å². The van der Waals surface area contributed by atoms with Crippen molar-refractivity contribution in [2.45, 2.75) is 31.2 Å². The lowest BCUT2D eigenvalue weighted by Gasteiger charge is -2.38. The van der Waals surface area contributed by atoms with E-state index in [0.717, 1.165) is 16.3 Å². The van der Waals surface area contributed by atoms with E-state index >= 15 is 0 Å². The van der Waals surface area contributed by atoms with Gasteiger partial charge < -0.3 is 10.0 Å². The number of rotatable bonds is 4. The first-order valence-corrected chi connectivity index (χ1v) is 8.80. The van der Waals surface area contributed by atoms with Gasteiger partial charge in [-0.2, -0.15) is 4.31 Å². The van der Waals surface area contributed by atoms with E-state index in [-0.39, 0.29) is 30.4 Å². The van der Waals surface area contributed by atoms with Crippen molar-refractivity contribution in [3.05, 3.63) is 29.8 Å². The van der Waals surface area contributed by atoms with Gasteiger partial charge in [0.1, 0.15) is 6.04 Å². The fourth-order valence-electron chi connectivity index (χ4n) is 2.57. The van der Waals surface area contributed by atoms with Crippen molar-refractivity contribution < 1.29 is 23.1 Å². The Labute approximate surface area is 135 Å². The van der Waals surface area contributed by atoms with Crippen molar-refractivity contribution in [3.63, 3.8) is 0 Å². The van der Waals surface area contributed by atoms with Crippen molar-refractivity contribution in [3.8, 4) is 0 Å². The van der Waals surface area contributed by atoms with Crippen LogP contribution < -0.4 is 0 Å². The number of hydrogen-bond donors (Lipinski definition) is 1. The molecular formula is C15H20N2O5S. The molecule has 1 aromatic rings. The van der Waals surface area contributed by atoms with Gasteiger partial charge in [0.05, 0.1) is 4.90 Å². The molecule has 0 aromatic heterocycles. The third kappa shape index (κ3) is 3.53. The van der Waals surface area contributed by atoms with Crippen molar-refractivity contribution in [1.29, 1.82) is 0 Å². The Morgan fingerprint density at radius 2 is 1.83 bits per heavy atom. The fraction of sp³-hybridized carbons (Fsp3) is 0.467. The average molecular weight is 340 g/mol. The van der Waals surface area contributed by atoms with E-state index in [1.54, 1.807) is 12.1 Å². The highest BCUT2D eigenvalue weighted by Crippen LogP contribution is 2.22. The fourth-order valence-corrected chi connectivity index (χ4v) is 4.14. The molecule has 1 fully saturated rings. The number of carbonyl (C=O) groups excluding carboxylic acids is 1. The highest BCUT2D eigenvalue weighted by Gasteiger charge is 2.40. The molecule has 1 amide bonds. The van der Waals surface area contributed by atoms with Crippen LogP contribution in [0.2, 0.25) is 0 Å². The number of carboxylic acids is 1. The largest absolute Gasteiger partial charge is 0.480 e. The SMILES string of the molecule is CCc1ccc(S(=O)(=O)N2CCN(C(C)=O)CC2C(=O)O)cc1. The zero-order valence-electron chi connectivity index (χ0n) is 13.1. The van der Waals surface area contributed by atoms with Gasteiger partial charge in [-0.1, -0.05) is 19.1 Å². The number of benzene rings is 1. The Hall–Kier alpha value is -1.93. The zero-order valence-corrected chi connectivity index (χ0v) is 13.9. The molecule has 1 aliphatic heterocycles. The second-order valence-electron chi connectivity index (χ2n) is 5.43. The summed E-state index contributed by atoms with van der Waals surface area (Å²) in [6.07, 6.45) is 0.787. The molecule has 1 heterocycles. The predicted molar refractivity (Wildman–Crippen MR) is 83.4 cm³/mol. The Balaban J connectivity index is 2.33. The van der Waals surface area contributed by atoms with Crippen LogP contribution in [0.25, 0.3) is 0 Å². The summed E-state index contributed by atoms with van der Waals surface area (Å²) in [5.41, 5.74) is 1.00. The Morgan fingerprint density at radius 3 is 2.30 bits per heavy atom. The first kappa shape index (κ1) is 17.4. The van der Waals surface area contributed by atoms with Crippen molar-refractivity contribution >= 4 is 21.9 Å². The Bertz CT molecular complexity index is 699. The molecular weight excluding hydrogens is 320 g/mol. The van der Waals surface area contributed by atoms with Crippen LogP contribution in [0.1, 0.15) is 19.4 Å². The lowest BCUT2D eigenvalue weighted by atomic mass is 10.2. The average Bonchev–Trinajstić information content (AvgIpc) is 2.54. The van der Waals surface area contributed by atoms with Gasteiger partial charge in [-0.05, 0) is 24.1 Å². The minimum absolute atomic E-state index is 0.0333. The van der Waals surface area contributed by atoms with Crippen LogP contribution in [0.4, 0.5) is 0 Å². The molecule has 1 unspecified atom stereocenters. The molecule has 23 heavy (non-hydrogen) atoms. The smallest absolute Gasteiger partial charge is 0.323 e. The maximum absolute atomic E-state index is 12.7. The first-order valence-electron chi connectivity index (χ1n) is 7.36. The summed E-state index contributed by atoms with van der Waals surface area (Å²) < 4.78 is 26.4. The molecule has 0 saturated carbocycles. The standard InChI is InChI=1S/C15H20N2O5S/c1-3-12-4-6-13(7-5-12)23(21,22)17-9-8-16(11(2)18)10-14(17)15(19)20/h4-7,14H,3,8-10H2,1-2H3,(H,19,20). The second-order valence-corrected chi connectivity index (χ2v) is 7.32. The van der Waals surface area contributed by atoms with Crippen molar-refractivity contribution in [2.24, 2.45) is 0 Å². The van der Waals surface area contributed by atoms with Crippen LogP contribution in [0.15, 0.2) is 29.2 Å². The topological polar surface area (TPSA) is 95.0 Å². The molecule has 0 radical (unpaired) electrons. The van der Waals surface area contributed by atoms with E-state index in [0.29, 0.717) is 0 Å². The van der Waals surface area contributed by atoms with Gasteiger partial charge in [0, 0.05) is 26.6 Å². The summed E-state index contributed by atoms with van der Waals surface area (Å²) in [7, 11) is -3.92. The number of carbonyl (C=O) groups is 2. The lowest BCUT2D eigenvalue weighted by Crippen LogP contribution is -2.58. The molecule has 1 saturated heterocycles. The van der Waals surface area contributed by atoms with Crippen LogP contribution in [0.3, 0.4) is 0 Å². The molecule has 1 atom stereocenters. The second kappa shape index (κ2) is 6.67. The Morgan fingerprint density at radius 1 is 1.22 bits per heavy atom. The summed E-state index contributed by atoms with van der Waals surface area (Å²) in [6, 6.07) is 5.14. The third-order valence-electron chi connectivity index (χ3n) is 4.00. The number of sulfonamides is 1. The van der Waals surface area contributed by atoms with E-state index in [9.17, 15) is 23.1 Å². The summed E-state index contributed by atoms with van der Waals surface area (Å²) in [4.78, 5) is 24.3. The lowest BCUT2D eigenvalue weighted by molar-refractivity contribution is -0.145. The number of amides is 1. The number of nitrogens with zero attached hydrogens (tertiary/aromatic N) is 2. The number of piperazine rings is 1. The van der Waals surface area contributed by atoms with Crippen LogP contribution in [-0.4, -0.2) is 60.3 Å². The molecule has 0 bridgehead atoms. The van der Waals surface area contributed by atoms with Gasteiger partial charge >= 0.3 is 5.97 Å². The number of aryl methyl sites for hydroxylation is 1. The van der Waals surface area contributed by atoms with E-state index in [2.05, 4.69) is 0 Å². The molecule has 0 spiro atoms. The Kier molecular flexibility index (Phi) is 5.06. The molecule has 1 N–H and O–H groups in total. The number of hydrogen-bond acceptors (Lipinski definition) is 4. The van der Waals surface area contributed by atoms with Gasteiger partial charge in [0.2, 0.25) is 15.9 Å². The molecule has 1 aromatic carbocycles. The molecule has 126 valence electrons. The predicted octanol–water partition coefficient (Wildman–Crippen LogP) is 0.555. The maximum Gasteiger partial charge on any atom is 0.323 e. The van der Waals surface area contributed by atoms with Crippen LogP contribution in [-0.2, 0) is 26.0 Å². The van der Waals surface area contributed by atoms with Gasteiger partial charge in [0.25, 0.3) is 0 Å². The first-order chi connectivity index (χ1) is 10.8. The zero-order chi connectivity index (χ0) is 17.2. The van der Waals surface area contributed by atoms with E-state index < -0.39 is 22.0 Å². The summed E-state index contributed by atoms with van der Waals surface area (Å²) in [6.45, 7) is 3.31. The van der Waals surface area contributed by atoms with Crippen LogP contribution in [0.5, 0.6) is 0 Å². The van der Waals surface area contributed by atoms with Gasteiger partial charge in [-0.3, -0.25) is 9.59 Å². The molecule has 1 aliphatic rings. The number of carboxylic acid groups (broad SMARTS) is 1. The van der Waals surface area contributed by atoms with Crippen molar-refractivity contribution in [1.82, 2.24) is 9.21 Å². The van der Waals surface area contributed by atoms with Crippen LogP contribution in [0, 0.1) is 0 Å². The maximum atomic E-state index is 12.7. The van der Waals surface area contributed by atoms with Gasteiger partial charge in [-0.15, -0.1) is 0 Å². The monoisotopic (exact) mass is 340 g/mol. The molecule has 0 aliphatic carbocycles. The van der Waals surface area contributed by atoms with E-state index in [1.165, 1.54) is 24.0 Å². The highest BCUT2D eigenvalue weighted by molar-refractivity contribution is 7.89. The molecule has 2 rings (SSSR count). The van der Waals surface area contributed by atoms with Crippen molar-refractivity contribution in [2.75, 3.05) is 19.6 Å².